The lowest BCUT2D eigenvalue weighted by atomic mass is 9.76. The first-order chi connectivity index (χ1) is 31.2. The predicted octanol–water partition coefficient (Wildman–Crippen LogP) is 18.7. The van der Waals surface area contributed by atoms with E-state index < -0.39 is 0 Å². The minimum atomic E-state index is -0.105. The topological polar surface area (TPSA) is 57.4 Å². The third-order valence-corrected chi connectivity index (χ3v) is 16.4. The molecule has 5 heterocycles. The van der Waals surface area contributed by atoms with Gasteiger partial charge >= 0.3 is 0 Å². The second-order valence-corrected chi connectivity index (χ2v) is 25.2. The van der Waals surface area contributed by atoms with Crippen molar-refractivity contribution in [3.63, 3.8) is 0 Å². The van der Waals surface area contributed by atoms with Crippen molar-refractivity contribution >= 4 is 87.2 Å². The number of hydrogen-bond acceptors (Lipinski definition) is 2. The molecule has 1 atom stereocenters. The molecule has 4 heteroatoms. The summed E-state index contributed by atoms with van der Waals surface area (Å²) in [5.41, 5.74) is 15.9. The fourth-order valence-corrected chi connectivity index (χ4v) is 10.8. The molecule has 2 N–H and O–H groups in total. The Balaban J connectivity index is 1.71. The number of nitrogens with one attached hydrogen (secondary N) is 2. The van der Waals surface area contributed by atoms with Crippen LogP contribution in [0.1, 0.15) is 190 Å². The normalized spacial score (nSPS) is 14.5. The molecule has 4 aromatic carbocycles. The van der Waals surface area contributed by atoms with Crippen molar-refractivity contribution in [3.05, 3.63) is 106 Å². The van der Waals surface area contributed by atoms with E-state index in [0.717, 1.165) is 97.8 Å². The Kier molecular flexibility index (Phi) is 11.0. The van der Waals surface area contributed by atoms with Crippen LogP contribution >= 0.6 is 0 Å². The molecule has 67 heavy (non-hydrogen) atoms. The maximum absolute atomic E-state index is 5.89. The van der Waals surface area contributed by atoms with Gasteiger partial charge in [-0.25, -0.2) is 9.97 Å². The maximum Gasteiger partial charge on any atom is 0.0733 e. The first kappa shape index (κ1) is 46.9. The van der Waals surface area contributed by atoms with Gasteiger partial charge in [-0.05, 0) is 164 Å². The fraction of sp³-hybridized carbons (Fsp3) is 0.460. The molecular weight excluding hydrogens is 813 g/mol. The molecular formula is C63H78N4. The van der Waals surface area contributed by atoms with Gasteiger partial charge in [0.15, 0.2) is 0 Å². The van der Waals surface area contributed by atoms with Gasteiger partial charge in [-0.3, -0.25) is 0 Å². The molecule has 5 aromatic heterocycles. The third-order valence-electron chi connectivity index (χ3n) is 16.4. The van der Waals surface area contributed by atoms with Crippen LogP contribution in [0.2, 0.25) is 0 Å². The predicted molar refractivity (Wildman–Crippen MR) is 295 cm³/mol. The number of rotatable bonds is 7. The summed E-state index contributed by atoms with van der Waals surface area (Å²) in [6.45, 7) is 42.4. The summed E-state index contributed by atoms with van der Waals surface area (Å²) in [5, 5.41) is 9.55. The van der Waals surface area contributed by atoms with Crippen molar-refractivity contribution < 1.29 is 0 Å². The average Bonchev–Trinajstić information content (AvgIpc) is 3.84. The summed E-state index contributed by atoms with van der Waals surface area (Å²) < 4.78 is 0. The molecule has 0 aliphatic carbocycles. The van der Waals surface area contributed by atoms with Gasteiger partial charge in [-0.2, -0.15) is 0 Å². The summed E-state index contributed by atoms with van der Waals surface area (Å²) in [5.74, 6) is 0. The first-order valence-corrected chi connectivity index (χ1v) is 25.6. The largest absolute Gasteiger partial charge is 0.353 e. The Morgan fingerprint density at radius 1 is 0.313 bits per heavy atom. The number of nitrogens with zero attached hydrogens (tertiary/aromatic N) is 2. The highest BCUT2D eigenvalue weighted by Gasteiger charge is 2.29. The highest BCUT2D eigenvalue weighted by atomic mass is 14.8. The van der Waals surface area contributed by atoms with Crippen molar-refractivity contribution in [2.75, 3.05) is 0 Å². The van der Waals surface area contributed by atoms with Crippen LogP contribution in [0, 0.1) is 0 Å². The lowest BCUT2D eigenvalue weighted by Crippen LogP contribution is -2.20. The molecule has 0 amide bonds. The van der Waals surface area contributed by atoms with E-state index in [1.54, 1.807) is 0 Å². The minimum absolute atomic E-state index is 0.0361. The van der Waals surface area contributed by atoms with Gasteiger partial charge in [0.1, 0.15) is 0 Å². The average molecular weight is 891 g/mol. The number of H-pyrrole nitrogens is 2. The zero-order valence-electron chi connectivity index (χ0n) is 44.4. The van der Waals surface area contributed by atoms with Gasteiger partial charge in [0.2, 0.25) is 0 Å². The molecule has 9 rings (SSSR count). The molecule has 1 unspecified atom stereocenters. The van der Waals surface area contributed by atoms with Gasteiger partial charge in [0.25, 0.3) is 0 Å². The van der Waals surface area contributed by atoms with Crippen LogP contribution in [-0.4, -0.2) is 19.9 Å². The number of benzene rings is 4. The molecule has 8 bridgehead atoms. The van der Waals surface area contributed by atoms with E-state index >= 15 is 0 Å². The van der Waals surface area contributed by atoms with Crippen LogP contribution < -0.4 is 0 Å². The van der Waals surface area contributed by atoms with Gasteiger partial charge in [0, 0.05) is 43.1 Å². The summed E-state index contributed by atoms with van der Waals surface area (Å²) in [7, 11) is 0. The SMILES string of the molecule is CCCC(C)(CC)c1cc2nc(c1)c1cc(C(C)(C)C)cc3c4cc(C(C)(C)C)cc(c5cc(C(C)(CC)CC)cc(n5)c5cc(C(C)(C)C)cc6c7cc(C(C)(C)C)cc2c7[nH]c56)c4[nH]c13. The Morgan fingerprint density at radius 3 is 0.776 bits per heavy atom. The summed E-state index contributed by atoms with van der Waals surface area (Å²) in [6.07, 6.45) is 5.30. The van der Waals surface area contributed by atoms with Gasteiger partial charge in [0.05, 0.1) is 44.1 Å². The Bertz CT molecular complexity index is 3280. The lowest BCUT2D eigenvalue weighted by Gasteiger charge is -2.29. The molecule has 0 fully saturated rings. The second-order valence-electron chi connectivity index (χ2n) is 25.2. The van der Waals surface area contributed by atoms with Crippen molar-refractivity contribution in [1.29, 1.82) is 0 Å². The highest BCUT2D eigenvalue weighted by molar-refractivity contribution is 6.23. The number of fused-ring (bicyclic) bond motifs is 10. The lowest BCUT2D eigenvalue weighted by molar-refractivity contribution is 0.414. The molecule has 0 aliphatic rings. The van der Waals surface area contributed by atoms with Crippen LogP contribution in [0.3, 0.4) is 0 Å². The highest BCUT2D eigenvalue weighted by Crippen LogP contribution is 2.45. The van der Waals surface area contributed by atoms with E-state index in [-0.39, 0.29) is 32.5 Å². The molecule has 0 spiro atoms. The van der Waals surface area contributed by atoms with Crippen molar-refractivity contribution in [2.24, 2.45) is 0 Å². The van der Waals surface area contributed by atoms with Crippen LogP contribution in [0.4, 0.5) is 0 Å². The Hall–Kier alpha value is -5.22. The van der Waals surface area contributed by atoms with E-state index in [4.69, 9.17) is 9.97 Å². The van der Waals surface area contributed by atoms with E-state index in [1.807, 2.05) is 0 Å². The van der Waals surface area contributed by atoms with Gasteiger partial charge in [-0.1, -0.05) is 131 Å². The Morgan fingerprint density at radius 2 is 0.552 bits per heavy atom. The quantitative estimate of drug-likeness (QED) is 0.167. The molecule has 0 aliphatic heterocycles. The van der Waals surface area contributed by atoms with E-state index in [9.17, 15) is 0 Å². The van der Waals surface area contributed by atoms with Gasteiger partial charge < -0.3 is 9.97 Å². The van der Waals surface area contributed by atoms with Crippen LogP contribution in [0.25, 0.3) is 87.2 Å². The third kappa shape index (κ3) is 7.83. The van der Waals surface area contributed by atoms with E-state index in [2.05, 4.69) is 207 Å². The van der Waals surface area contributed by atoms with Crippen molar-refractivity contribution in [3.8, 4) is 0 Å². The van der Waals surface area contributed by atoms with Crippen LogP contribution in [0.15, 0.2) is 72.8 Å². The number of aromatic nitrogens is 4. The maximum atomic E-state index is 5.89. The standard InChI is InChI=1S/C63H78N4/c1-19-23-63(18,22-4)41-34-52-48-30-38(60(11,12)13)26-44-42-24-36(58(5,6)7)28-46(54(42)66-56(44)48)50-32-40(62(17,20-2)21-3)33-51(64-50)47-29-37(59(8,9)10)25-43-45-27-39(61(14,15)16)31-49(53(35-41)65-52)57(45)67-55(43)47/h24-35,66-67H,19-23H2,1-18H3. The Labute approximate surface area is 400 Å². The second kappa shape index (κ2) is 15.7. The van der Waals surface area contributed by atoms with E-state index in [1.165, 1.54) is 54.9 Å². The summed E-state index contributed by atoms with van der Waals surface area (Å²) in [6, 6.07) is 29.4. The zero-order valence-corrected chi connectivity index (χ0v) is 44.4. The van der Waals surface area contributed by atoms with Gasteiger partial charge in [-0.15, -0.1) is 0 Å². The number of hydrogen-bond donors (Lipinski definition) is 2. The van der Waals surface area contributed by atoms with Crippen molar-refractivity contribution in [1.82, 2.24) is 19.9 Å². The number of aromatic amines is 2. The van der Waals surface area contributed by atoms with Crippen LogP contribution in [-0.2, 0) is 32.5 Å². The summed E-state index contributed by atoms with van der Waals surface area (Å²) >= 11 is 0. The van der Waals surface area contributed by atoms with Crippen molar-refractivity contribution in [2.45, 2.75) is 189 Å². The monoisotopic (exact) mass is 891 g/mol. The molecule has 4 nitrogen and oxygen atoms in total. The van der Waals surface area contributed by atoms with Crippen LogP contribution in [0.5, 0.6) is 0 Å². The molecule has 0 saturated heterocycles. The summed E-state index contributed by atoms with van der Waals surface area (Å²) in [4.78, 5) is 20.1. The molecule has 0 saturated carbocycles. The zero-order chi connectivity index (χ0) is 48.6. The first-order valence-electron chi connectivity index (χ1n) is 25.6. The molecule has 350 valence electrons. The fourth-order valence-electron chi connectivity index (χ4n) is 10.8. The minimum Gasteiger partial charge on any atom is -0.353 e. The number of pyridine rings is 2. The smallest absolute Gasteiger partial charge is 0.0733 e. The van der Waals surface area contributed by atoms with E-state index in [0.29, 0.717) is 0 Å². The molecule has 0 radical (unpaired) electrons. The molecule has 9 aromatic rings.